The van der Waals surface area contributed by atoms with Crippen LogP contribution in [0, 0.1) is 5.41 Å². The summed E-state index contributed by atoms with van der Waals surface area (Å²) >= 11 is 0. The van der Waals surface area contributed by atoms with Crippen molar-refractivity contribution < 1.29 is 10.3 Å². The predicted octanol–water partition coefficient (Wildman–Crippen LogP) is 2.35. The molecular weight excluding hydrogens is 356 g/mol. The zero-order chi connectivity index (χ0) is 19.7. The van der Waals surface area contributed by atoms with Crippen LogP contribution in [-0.4, -0.2) is 32.1 Å². The lowest BCUT2D eigenvalue weighted by Gasteiger charge is -2.07. The maximum absolute atomic E-state index is 10.2. The van der Waals surface area contributed by atoms with Crippen molar-refractivity contribution in [3.8, 4) is 5.75 Å². The van der Waals surface area contributed by atoms with Gasteiger partial charge in [0.25, 0.3) is 0 Å². The molecule has 4 aromatic rings. The Bertz CT molecular complexity index is 1320. The number of aromatic hydroxyl groups is 1. The van der Waals surface area contributed by atoms with E-state index in [2.05, 4.69) is 15.2 Å². The topological polar surface area (TPSA) is 133 Å². The molecule has 0 saturated heterocycles. The molecule has 5 N–H and O–H groups in total. The van der Waals surface area contributed by atoms with Gasteiger partial charge >= 0.3 is 0 Å². The highest BCUT2D eigenvalue weighted by Crippen LogP contribution is 2.25. The summed E-state index contributed by atoms with van der Waals surface area (Å²) < 4.78 is 0.695. The molecular formula is C20H16N6O2. The van der Waals surface area contributed by atoms with E-state index in [9.17, 15) is 10.3 Å². The molecule has 138 valence electrons. The third kappa shape index (κ3) is 2.92. The van der Waals surface area contributed by atoms with Crippen LogP contribution in [0.15, 0.2) is 70.9 Å². The number of nitrogens with two attached hydrogens (primary N) is 1. The number of fused-ring (bicyclic) bond motifs is 2. The minimum Gasteiger partial charge on any atom is -0.507 e. The van der Waals surface area contributed by atoms with E-state index in [0.29, 0.717) is 21.3 Å². The highest BCUT2D eigenvalue weighted by Gasteiger charge is 2.11. The van der Waals surface area contributed by atoms with Gasteiger partial charge < -0.3 is 16.0 Å². The predicted molar refractivity (Wildman–Crippen MR) is 107 cm³/mol. The van der Waals surface area contributed by atoms with E-state index in [1.165, 1.54) is 6.21 Å². The molecule has 28 heavy (non-hydrogen) atoms. The summed E-state index contributed by atoms with van der Waals surface area (Å²) in [6.07, 6.45) is 1.39. The van der Waals surface area contributed by atoms with Gasteiger partial charge in [-0.1, -0.05) is 42.5 Å². The van der Waals surface area contributed by atoms with Crippen molar-refractivity contribution in [2.75, 3.05) is 0 Å². The number of phenolic OH excluding ortho intramolecular Hbond substituents is 1. The molecule has 0 unspecified atom stereocenters. The highest BCUT2D eigenvalue weighted by molar-refractivity contribution is 6.03. The summed E-state index contributed by atoms with van der Waals surface area (Å²) in [5.41, 5.74) is 6.98. The fourth-order valence-corrected chi connectivity index (χ4v) is 2.93. The number of amidine groups is 1. The largest absolute Gasteiger partial charge is 0.507 e. The Labute approximate surface area is 159 Å². The van der Waals surface area contributed by atoms with Gasteiger partial charge in [0.05, 0.1) is 11.7 Å². The molecule has 0 aliphatic carbocycles. The third-order valence-corrected chi connectivity index (χ3v) is 4.32. The second-order valence-electron chi connectivity index (χ2n) is 6.06. The first-order chi connectivity index (χ1) is 13.6. The minimum absolute atomic E-state index is 0.000455. The Morgan fingerprint density at radius 1 is 1.07 bits per heavy atom. The first kappa shape index (κ1) is 17.2. The van der Waals surface area contributed by atoms with E-state index in [1.807, 2.05) is 30.3 Å². The second kappa shape index (κ2) is 6.84. The molecule has 0 saturated carbocycles. The Morgan fingerprint density at radius 3 is 2.68 bits per heavy atom. The van der Waals surface area contributed by atoms with Gasteiger partial charge in [0, 0.05) is 5.56 Å². The molecule has 8 nitrogen and oxygen atoms in total. The van der Waals surface area contributed by atoms with Crippen molar-refractivity contribution in [1.82, 2.24) is 9.71 Å². The van der Waals surface area contributed by atoms with Crippen LogP contribution in [0.3, 0.4) is 0 Å². The number of aromatic nitrogens is 2. The third-order valence-electron chi connectivity index (χ3n) is 4.32. The smallest absolute Gasteiger partial charge is 0.191 e. The average Bonchev–Trinajstić information content (AvgIpc) is 2.72. The summed E-state index contributed by atoms with van der Waals surface area (Å²) in [5, 5.41) is 37.9. The molecule has 0 aliphatic rings. The van der Waals surface area contributed by atoms with Crippen LogP contribution >= 0.6 is 0 Å². The first-order valence-electron chi connectivity index (χ1n) is 8.39. The lowest BCUT2D eigenvalue weighted by Crippen LogP contribution is -2.31. The summed E-state index contributed by atoms with van der Waals surface area (Å²) in [6, 6.07) is 17.8. The molecule has 4 rings (SSSR count). The van der Waals surface area contributed by atoms with Crippen molar-refractivity contribution in [2.45, 2.75) is 0 Å². The van der Waals surface area contributed by atoms with Crippen LogP contribution in [0.4, 0.5) is 0 Å². The molecule has 0 amide bonds. The van der Waals surface area contributed by atoms with Crippen LogP contribution in [0.5, 0.6) is 5.75 Å². The van der Waals surface area contributed by atoms with Crippen molar-refractivity contribution in [3.05, 3.63) is 77.4 Å². The summed E-state index contributed by atoms with van der Waals surface area (Å²) in [7, 11) is 0. The minimum atomic E-state index is -0.303. The maximum Gasteiger partial charge on any atom is 0.191 e. The van der Waals surface area contributed by atoms with Crippen molar-refractivity contribution in [2.24, 2.45) is 15.9 Å². The van der Waals surface area contributed by atoms with Gasteiger partial charge in [-0.05, 0) is 29.0 Å². The molecule has 0 bridgehead atoms. The maximum atomic E-state index is 10.2. The van der Waals surface area contributed by atoms with E-state index < -0.39 is 0 Å². The molecule has 1 aromatic heterocycles. The van der Waals surface area contributed by atoms with Gasteiger partial charge in [-0.3, -0.25) is 5.41 Å². The molecule has 0 atom stereocenters. The standard InChI is InChI=1S/C20H16N6O2/c21-19(18-20(22)26(28)16-8-4-3-7-15(16)24-18)25-23-11-14-13-6-2-1-5-12(13)9-10-17(14)27/h1-11,22,27-28H,(H2,21,25)/b22-20?,23-11-. The van der Waals surface area contributed by atoms with E-state index in [-0.39, 0.29) is 22.8 Å². The van der Waals surface area contributed by atoms with Crippen molar-refractivity contribution >= 4 is 33.9 Å². The Balaban J connectivity index is 1.75. The number of benzene rings is 3. The lowest BCUT2D eigenvalue weighted by molar-refractivity contribution is 0.183. The molecule has 8 heteroatoms. The number of rotatable bonds is 3. The van der Waals surface area contributed by atoms with Crippen LogP contribution in [0.25, 0.3) is 21.8 Å². The monoisotopic (exact) mass is 372 g/mol. The van der Waals surface area contributed by atoms with E-state index in [0.717, 1.165) is 10.8 Å². The second-order valence-corrected chi connectivity index (χ2v) is 6.06. The van der Waals surface area contributed by atoms with Gasteiger partial charge in [0.1, 0.15) is 11.3 Å². The van der Waals surface area contributed by atoms with Crippen molar-refractivity contribution in [1.29, 1.82) is 5.41 Å². The van der Waals surface area contributed by atoms with Gasteiger partial charge in [-0.2, -0.15) is 9.83 Å². The lowest BCUT2D eigenvalue weighted by atomic mass is 10.0. The molecule has 3 aromatic carbocycles. The normalized spacial score (nSPS) is 12.2. The summed E-state index contributed by atoms with van der Waals surface area (Å²) in [4.78, 5) is 4.28. The van der Waals surface area contributed by atoms with Gasteiger partial charge in [-0.15, -0.1) is 5.10 Å². The first-order valence-corrected chi connectivity index (χ1v) is 8.39. The fourth-order valence-electron chi connectivity index (χ4n) is 2.93. The van der Waals surface area contributed by atoms with Crippen LogP contribution in [0.2, 0.25) is 0 Å². The quantitative estimate of drug-likeness (QED) is 0.190. The molecule has 0 spiro atoms. The number of nitrogens with one attached hydrogen (secondary N) is 1. The van der Waals surface area contributed by atoms with Gasteiger partial charge in [0.15, 0.2) is 17.0 Å². The van der Waals surface area contributed by atoms with Crippen LogP contribution in [-0.2, 0) is 0 Å². The molecule has 0 radical (unpaired) electrons. The summed E-state index contributed by atoms with van der Waals surface area (Å²) in [5.74, 6) is -0.0658. The Hall–Kier alpha value is -4.20. The molecule has 0 aliphatic heterocycles. The molecule has 1 heterocycles. The zero-order valence-corrected chi connectivity index (χ0v) is 14.6. The van der Waals surface area contributed by atoms with Gasteiger partial charge in [-0.25, -0.2) is 4.98 Å². The van der Waals surface area contributed by atoms with E-state index in [1.54, 1.807) is 30.3 Å². The fraction of sp³-hybridized carbons (Fsp3) is 0. The van der Waals surface area contributed by atoms with E-state index >= 15 is 0 Å². The number of hydrogen-bond donors (Lipinski definition) is 4. The number of phenols is 1. The highest BCUT2D eigenvalue weighted by atomic mass is 16.5. The molecule has 0 fully saturated rings. The Kier molecular flexibility index (Phi) is 4.21. The zero-order valence-electron chi connectivity index (χ0n) is 14.6. The van der Waals surface area contributed by atoms with E-state index in [4.69, 9.17) is 11.1 Å². The van der Waals surface area contributed by atoms with Crippen LogP contribution in [0.1, 0.15) is 11.3 Å². The average molecular weight is 372 g/mol. The SMILES string of the molecule is N=c1c(/C(N)=N\N=C/c2c(O)ccc3ccccc23)nc2ccccc2n1O. The van der Waals surface area contributed by atoms with Crippen molar-refractivity contribution in [3.63, 3.8) is 0 Å². The number of nitrogens with zero attached hydrogens (tertiary/aromatic N) is 4. The Morgan fingerprint density at radius 2 is 1.82 bits per heavy atom. The summed E-state index contributed by atoms with van der Waals surface area (Å²) in [6.45, 7) is 0. The number of hydrogen-bond acceptors (Lipinski definition) is 6. The van der Waals surface area contributed by atoms with Gasteiger partial charge in [0.2, 0.25) is 0 Å². The van der Waals surface area contributed by atoms with Crippen LogP contribution < -0.4 is 11.2 Å². The number of para-hydroxylation sites is 2.